The maximum Gasteiger partial charge on any atom is 0.416 e. The van der Waals surface area contributed by atoms with Gasteiger partial charge in [-0.3, -0.25) is 0 Å². The number of aromatic hydroxyl groups is 1. The monoisotopic (exact) mass is 205 g/mol. The van der Waals surface area contributed by atoms with Crippen molar-refractivity contribution < 1.29 is 23.1 Å². The van der Waals surface area contributed by atoms with Gasteiger partial charge in [-0.25, -0.2) is 10.2 Å². The highest BCUT2D eigenvalue weighted by atomic mass is 19.4. The Bertz CT molecular complexity index is 330. The smallest absolute Gasteiger partial charge is 0.416 e. The van der Waals surface area contributed by atoms with E-state index in [1.165, 1.54) is 6.07 Å². The van der Waals surface area contributed by atoms with E-state index in [9.17, 15) is 13.2 Å². The molecular weight excluding hydrogens is 199 g/mol. The topological polar surface area (TPSA) is 61.2 Å². The van der Waals surface area contributed by atoms with Crippen molar-refractivity contribution in [2.45, 2.75) is 6.18 Å². The van der Waals surface area contributed by atoms with Gasteiger partial charge in [-0.05, 0) is 18.2 Å². The molecule has 0 aliphatic carbocycles. The second kappa shape index (κ2) is 5.04. The van der Waals surface area contributed by atoms with Crippen molar-refractivity contribution in [2.75, 3.05) is 0 Å². The fourth-order valence-corrected chi connectivity index (χ4v) is 0.682. The lowest BCUT2D eigenvalue weighted by Crippen LogP contribution is -2.03. The molecule has 2 N–H and O–H groups in total. The van der Waals surface area contributed by atoms with Crippen molar-refractivity contribution in [3.05, 3.63) is 29.8 Å². The van der Waals surface area contributed by atoms with Crippen molar-refractivity contribution in [3.63, 3.8) is 0 Å². The van der Waals surface area contributed by atoms with E-state index in [1.807, 2.05) is 0 Å². The molecule has 76 valence electrons. The second-order valence-electron chi connectivity index (χ2n) is 2.15. The van der Waals surface area contributed by atoms with Crippen LogP contribution in [0.5, 0.6) is 5.75 Å². The summed E-state index contributed by atoms with van der Waals surface area (Å²) in [5.74, 6) is -0.375. The quantitative estimate of drug-likeness (QED) is 0.504. The van der Waals surface area contributed by atoms with Crippen LogP contribution in [0.1, 0.15) is 5.56 Å². The summed E-state index contributed by atoms with van der Waals surface area (Å²) in [5.41, 5.74) is -0.836. The Morgan fingerprint density at radius 1 is 1.36 bits per heavy atom. The average Bonchev–Trinajstić information content (AvgIpc) is 2.04. The fourth-order valence-electron chi connectivity index (χ4n) is 0.682. The largest absolute Gasteiger partial charge is 0.508 e. The standard InChI is InChI=1S/C7H5F3O.CHNO/c8-7(9,10)5-2-1-3-6(11)4-5;2-1-3/h1-4,11H;2H. The Morgan fingerprint density at radius 3 is 2.14 bits per heavy atom. The first-order valence-corrected chi connectivity index (χ1v) is 3.32. The number of rotatable bonds is 0. The maximum absolute atomic E-state index is 11.9. The third kappa shape index (κ3) is 4.27. The van der Waals surface area contributed by atoms with Crippen LogP contribution in [0.2, 0.25) is 0 Å². The van der Waals surface area contributed by atoms with Crippen LogP contribution in [-0.4, -0.2) is 11.2 Å². The van der Waals surface area contributed by atoms with Crippen LogP contribution in [0, 0.1) is 5.41 Å². The van der Waals surface area contributed by atoms with E-state index in [0.717, 1.165) is 18.2 Å². The first-order valence-electron chi connectivity index (χ1n) is 3.32. The summed E-state index contributed by atoms with van der Waals surface area (Å²) in [4.78, 5) is 8.35. The Labute approximate surface area is 77.3 Å². The van der Waals surface area contributed by atoms with Crippen LogP contribution in [0.3, 0.4) is 0 Å². The van der Waals surface area contributed by atoms with Crippen molar-refractivity contribution in [3.8, 4) is 5.75 Å². The van der Waals surface area contributed by atoms with Gasteiger partial charge in [0.25, 0.3) is 0 Å². The Balaban J connectivity index is 0.000000500. The number of carbonyl (C=O) groups excluding carboxylic acids is 1. The molecule has 1 aromatic rings. The van der Waals surface area contributed by atoms with Gasteiger partial charge in [0.2, 0.25) is 6.08 Å². The zero-order valence-electron chi connectivity index (χ0n) is 6.80. The number of hydrogen-bond acceptors (Lipinski definition) is 3. The number of hydrogen-bond donors (Lipinski definition) is 2. The number of nitrogens with one attached hydrogen (secondary N) is 1. The third-order valence-electron chi connectivity index (χ3n) is 1.17. The molecule has 1 rings (SSSR count). The van der Waals surface area contributed by atoms with Crippen LogP contribution in [0.15, 0.2) is 24.3 Å². The van der Waals surface area contributed by atoms with Crippen molar-refractivity contribution >= 4 is 6.08 Å². The number of isocyanates is 1. The van der Waals surface area contributed by atoms with Crippen molar-refractivity contribution in [1.82, 2.24) is 0 Å². The van der Waals surface area contributed by atoms with Crippen LogP contribution >= 0.6 is 0 Å². The van der Waals surface area contributed by atoms with E-state index in [-0.39, 0.29) is 5.75 Å². The van der Waals surface area contributed by atoms with Gasteiger partial charge in [0, 0.05) is 0 Å². The Kier molecular flexibility index (Phi) is 4.38. The van der Waals surface area contributed by atoms with Crippen LogP contribution in [0.25, 0.3) is 0 Å². The molecule has 0 saturated carbocycles. The Hall–Kier alpha value is -1.81. The molecule has 0 unspecified atom stereocenters. The summed E-state index contributed by atoms with van der Waals surface area (Å²) in [5, 5.41) is 14.1. The molecule has 1 aromatic carbocycles. The lowest BCUT2D eigenvalue weighted by Gasteiger charge is -2.05. The molecule has 0 bridgehead atoms. The number of alkyl halides is 3. The minimum Gasteiger partial charge on any atom is -0.508 e. The van der Waals surface area contributed by atoms with Crippen molar-refractivity contribution in [1.29, 1.82) is 5.41 Å². The van der Waals surface area contributed by atoms with Crippen LogP contribution in [-0.2, 0) is 11.0 Å². The minimum atomic E-state index is -4.38. The number of phenolic OH excluding ortho intramolecular Hbond substituents is 1. The molecule has 0 aliphatic heterocycles. The summed E-state index contributed by atoms with van der Waals surface area (Å²) in [7, 11) is 0. The molecule has 0 atom stereocenters. The summed E-state index contributed by atoms with van der Waals surface area (Å²) in [6, 6.07) is 3.92. The van der Waals surface area contributed by atoms with E-state index in [1.54, 1.807) is 0 Å². The molecule has 6 heteroatoms. The molecule has 0 amide bonds. The Morgan fingerprint density at radius 2 is 1.86 bits per heavy atom. The highest BCUT2D eigenvalue weighted by Crippen LogP contribution is 2.30. The van der Waals surface area contributed by atoms with Gasteiger partial charge in [-0.15, -0.1) is 0 Å². The van der Waals surface area contributed by atoms with Gasteiger partial charge < -0.3 is 5.11 Å². The number of benzene rings is 1. The summed E-state index contributed by atoms with van der Waals surface area (Å²) < 4.78 is 35.6. The zero-order chi connectivity index (χ0) is 11.2. The third-order valence-corrected chi connectivity index (χ3v) is 1.17. The maximum atomic E-state index is 11.9. The first-order chi connectivity index (χ1) is 6.41. The normalized spacial score (nSPS) is 9.64. The minimum absolute atomic E-state index is 0.375. The lowest BCUT2D eigenvalue weighted by atomic mass is 10.2. The predicted octanol–water partition coefficient (Wildman–Crippen LogP) is 2.31. The highest BCUT2D eigenvalue weighted by molar-refractivity contribution is 5.28. The van der Waals surface area contributed by atoms with Gasteiger partial charge in [-0.1, -0.05) is 6.07 Å². The number of halogens is 3. The molecule has 0 saturated heterocycles. The van der Waals surface area contributed by atoms with Gasteiger partial charge in [0.05, 0.1) is 5.56 Å². The van der Waals surface area contributed by atoms with Crippen molar-refractivity contribution in [2.24, 2.45) is 0 Å². The molecule has 0 fully saturated rings. The predicted molar refractivity (Wildman–Crippen MR) is 41.5 cm³/mol. The SMILES string of the molecule is N=C=O.Oc1cccc(C(F)(F)F)c1. The summed E-state index contributed by atoms with van der Waals surface area (Å²) in [6.45, 7) is 0. The fraction of sp³-hybridized carbons (Fsp3) is 0.125. The zero-order valence-corrected chi connectivity index (χ0v) is 6.80. The molecular formula is C8H6F3NO2. The van der Waals surface area contributed by atoms with Gasteiger partial charge in [0.1, 0.15) is 5.75 Å². The summed E-state index contributed by atoms with van der Waals surface area (Å²) >= 11 is 0. The van der Waals surface area contributed by atoms with Crippen LogP contribution < -0.4 is 0 Å². The van der Waals surface area contributed by atoms with Gasteiger partial charge >= 0.3 is 6.18 Å². The first kappa shape index (κ1) is 12.2. The van der Waals surface area contributed by atoms with E-state index in [4.69, 9.17) is 15.3 Å². The van der Waals surface area contributed by atoms with Crippen LogP contribution in [0.4, 0.5) is 13.2 Å². The van der Waals surface area contributed by atoms with Gasteiger partial charge in [0.15, 0.2) is 0 Å². The molecule has 0 aliphatic rings. The lowest BCUT2D eigenvalue weighted by molar-refractivity contribution is -0.137. The van der Waals surface area contributed by atoms with Gasteiger partial charge in [-0.2, -0.15) is 13.2 Å². The van der Waals surface area contributed by atoms with E-state index in [0.29, 0.717) is 6.07 Å². The highest BCUT2D eigenvalue weighted by Gasteiger charge is 2.30. The van der Waals surface area contributed by atoms with E-state index in [2.05, 4.69) is 0 Å². The molecule has 0 heterocycles. The average molecular weight is 205 g/mol. The second-order valence-corrected chi connectivity index (χ2v) is 2.15. The van der Waals surface area contributed by atoms with E-state index >= 15 is 0 Å². The summed E-state index contributed by atoms with van der Waals surface area (Å²) in [6.07, 6.45) is -3.63. The molecule has 14 heavy (non-hydrogen) atoms. The molecule has 3 nitrogen and oxygen atoms in total. The number of phenols is 1. The van der Waals surface area contributed by atoms with E-state index < -0.39 is 11.7 Å². The molecule has 0 spiro atoms. The molecule has 0 aromatic heterocycles. The molecule has 0 radical (unpaired) electrons.